The van der Waals surface area contributed by atoms with Gasteiger partial charge in [-0.15, -0.1) is 11.3 Å². The van der Waals surface area contributed by atoms with Crippen LogP contribution in [0.15, 0.2) is 42.5 Å². The van der Waals surface area contributed by atoms with Gasteiger partial charge in [-0.2, -0.15) is 0 Å². The van der Waals surface area contributed by atoms with Crippen molar-refractivity contribution in [3.05, 3.63) is 63.7 Å². The zero-order valence-electron chi connectivity index (χ0n) is 15.5. The van der Waals surface area contributed by atoms with E-state index < -0.39 is 0 Å². The number of amides is 1. The van der Waals surface area contributed by atoms with Gasteiger partial charge in [-0.3, -0.25) is 4.79 Å². The summed E-state index contributed by atoms with van der Waals surface area (Å²) in [5, 5.41) is 1.20. The molecule has 2 heterocycles. The lowest BCUT2D eigenvalue weighted by Gasteiger charge is -2.36. The Morgan fingerprint density at radius 3 is 2.64 bits per heavy atom. The third kappa shape index (κ3) is 3.60. The molecule has 4 rings (SSSR count). The minimum Gasteiger partial charge on any atom is -0.380 e. The van der Waals surface area contributed by atoms with E-state index in [-0.39, 0.29) is 18.3 Å². The average Bonchev–Trinajstić information content (AvgIpc) is 3.08. The Hall–Kier alpha value is -2.15. The Morgan fingerprint density at radius 1 is 1.18 bits per heavy atom. The largest absolute Gasteiger partial charge is 0.380 e. The summed E-state index contributed by atoms with van der Waals surface area (Å²) in [4.78, 5) is 17.8. The Kier molecular flexibility index (Phi) is 5.53. The van der Waals surface area contributed by atoms with Gasteiger partial charge in [0, 0.05) is 59.6 Å². The second-order valence-electron chi connectivity index (χ2n) is 6.71. The van der Waals surface area contributed by atoms with Crippen LogP contribution in [0.2, 0.25) is 5.02 Å². The van der Waals surface area contributed by atoms with Gasteiger partial charge in [-0.05, 0) is 30.3 Å². The van der Waals surface area contributed by atoms with Crippen LogP contribution in [0.5, 0.6) is 0 Å². The number of thiophene rings is 1. The number of hydrogen-bond acceptors (Lipinski definition) is 4. The molecule has 1 amide bonds. The number of hydrogen-bond donors (Lipinski definition) is 0. The zero-order chi connectivity index (χ0) is 19.7. The minimum atomic E-state index is -0.314. The number of halogens is 2. The van der Waals surface area contributed by atoms with Gasteiger partial charge in [0.1, 0.15) is 5.82 Å². The molecular formula is C21H20ClFN2O2S. The number of carbonyl (C=O) groups is 1. The maximum absolute atomic E-state index is 14.4. The van der Waals surface area contributed by atoms with Crippen molar-refractivity contribution in [1.82, 2.24) is 4.90 Å². The predicted molar refractivity (Wildman–Crippen MR) is 112 cm³/mol. The first-order valence-electron chi connectivity index (χ1n) is 9.07. The molecule has 3 aromatic rings. The molecule has 1 aliphatic heterocycles. The molecule has 0 atom stereocenters. The quantitative estimate of drug-likeness (QED) is 0.610. The van der Waals surface area contributed by atoms with E-state index in [2.05, 4.69) is 4.90 Å². The van der Waals surface area contributed by atoms with Gasteiger partial charge < -0.3 is 14.5 Å². The summed E-state index contributed by atoms with van der Waals surface area (Å²) in [5.74, 6) is -0.371. The van der Waals surface area contributed by atoms with Crippen molar-refractivity contribution in [2.75, 3.05) is 38.2 Å². The lowest BCUT2D eigenvalue weighted by molar-refractivity contribution is 0.0747. The van der Waals surface area contributed by atoms with Gasteiger partial charge in [0.2, 0.25) is 0 Å². The van der Waals surface area contributed by atoms with Crippen LogP contribution in [0.25, 0.3) is 10.1 Å². The smallest absolute Gasteiger partial charge is 0.264 e. The Bertz CT molecular complexity index is 1010. The standard InChI is InChI=1S/C21H20ClFN2O2S/c1-27-13-16-19-17(23)6-3-7-18(19)28-20(16)21(26)25-10-8-24(9-11-25)15-5-2-4-14(22)12-15/h2-7,12H,8-11,13H2,1H3. The van der Waals surface area contributed by atoms with E-state index in [1.54, 1.807) is 13.2 Å². The Labute approximate surface area is 172 Å². The van der Waals surface area contributed by atoms with E-state index in [0.717, 1.165) is 23.5 Å². The maximum atomic E-state index is 14.4. The molecule has 28 heavy (non-hydrogen) atoms. The number of ether oxygens (including phenoxy) is 1. The summed E-state index contributed by atoms with van der Waals surface area (Å²) in [7, 11) is 1.56. The fourth-order valence-electron chi connectivity index (χ4n) is 3.61. The lowest BCUT2D eigenvalue weighted by Crippen LogP contribution is -2.48. The molecule has 1 saturated heterocycles. The van der Waals surface area contributed by atoms with Crippen molar-refractivity contribution in [3.63, 3.8) is 0 Å². The van der Waals surface area contributed by atoms with Crippen LogP contribution in [0.3, 0.4) is 0 Å². The Balaban J connectivity index is 1.56. The summed E-state index contributed by atoms with van der Waals surface area (Å²) in [5.41, 5.74) is 1.70. The first kappa shape index (κ1) is 19.2. The van der Waals surface area contributed by atoms with Gasteiger partial charge in [-0.25, -0.2) is 4.39 Å². The molecule has 0 spiro atoms. The molecule has 1 fully saturated rings. The number of piperazine rings is 1. The normalized spacial score (nSPS) is 14.7. The molecule has 2 aromatic carbocycles. The molecule has 7 heteroatoms. The minimum absolute atomic E-state index is 0.0570. The molecule has 0 saturated carbocycles. The number of rotatable bonds is 4. The van der Waals surface area contributed by atoms with Crippen LogP contribution < -0.4 is 4.90 Å². The van der Waals surface area contributed by atoms with Crippen molar-refractivity contribution in [1.29, 1.82) is 0 Å². The van der Waals surface area contributed by atoms with E-state index in [9.17, 15) is 9.18 Å². The molecule has 0 aliphatic carbocycles. The third-order valence-electron chi connectivity index (χ3n) is 4.99. The van der Waals surface area contributed by atoms with Crippen LogP contribution in [0.1, 0.15) is 15.2 Å². The van der Waals surface area contributed by atoms with Crippen molar-refractivity contribution >= 4 is 44.6 Å². The van der Waals surface area contributed by atoms with Crippen molar-refractivity contribution in [2.45, 2.75) is 6.61 Å². The molecule has 1 aliphatic rings. The van der Waals surface area contributed by atoms with Crippen LogP contribution in [-0.2, 0) is 11.3 Å². The molecule has 4 nitrogen and oxygen atoms in total. The van der Waals surface area contributed by atoms with Gasteiger partial charge in [0.25, 0.3) is 5.91 Å². The first-order chi connectivity index (χ1) is 13.6. The summed E-state index contributed by atoms with van der Waals surface area (Å²) in [6, 6.07) is 12.7. The number of fused-ring (bicyclic) bond motifs is 1. The van der Waals surface area contributed by atoms with E-state index in [1.165, 1.54) is 17.4 Å². The third-order valence-corrected chi connectivity index (χ3v) is 6.41. The van der Waals surface area contributed by atoms with Gasteiger partial charge in [-0.1, -0.05) is 23.7 Å². The van der Waals surface area contributed by atoms with E-state index in [1.807, 2.05) is 35.2 Å². The molecule has 0 radical (unpaired) electrons. The highest BCUT2D eigenvalue weighted by Gasteiger charge is 2.27. The van der Waals surface area contributed by atoms with Crippen molar-refractivity contribution in [2.24, 2.45) is 0 Å². The van der Waals surface area contributed by atoms with Crippen molar-refractivity contribution in [3.8, 4) is 0 Å². The second-order valence-corrected chi connectivity index (χ2v) is 8.20. The highest BCUT2D eigenvalue weighted by molar-refractivity contribution is 7.21. The molecule has 1 aromatic heterocycles. The number of benzene rings is 2. The highest BCUT2D eigenvalue weighted by atomic mass is 35.5. The monoisotopic (exact) mass is 418 g/mol. The predicted octanol–water partition coefficient (Wildman–Crippen LogP) is 4.80. The van der Waals surface area contributed by atoms with Gasteiger partial charge in [0.15, 0.2) is 0 Å². The van der Waals surface area contributed by atoms with Gasteiger partial charge in [0.05, 0.1) is 11.5 Å². The zero-order valence-corrected chi connectivity index (χ0v) is 17.0. The lowest BCUT2D eigenvalue weighted by atomic mass is 10.1. The topological polar surface area (TPSA) is 32.8 Å². The molecule has 0 N–H and O–H groups in total. The van der Waals surface area contributed by atoms with Gasteiger partial charge >= 0.3 is 0 Å². The number of carbonyl (C=O) groups excluding carboxylic acids is 1. The SMILES string of the molecule is COCc1c(C(=O)N2CCN(c3cccc(Cl)c3)CC2)sc2cccc(F)c12. The maximum Gasteiger partial charge on any atom is 0.264 e. The van der Waals surface area contributed by atoms with Crippen molar-refractivity contribution < 1.29 is 13.9 Å². The average molecular weight is 419 g/mol. The number of anilines is 1. The summed E-state index contributed by atoms with van der Waals surface area (Å²) in [6.45, 7) is 2.88. The van der Waals surface area contributed by atoms with Crippen LogP contribution in [-0.4, -0.2) is 44.1 Å². The van der Waals surface area contributed by atoms with E-state index >= 15 is 0 Å². The molecule has 146 valence electrons. The molecule has 0 bridgehead atoms. The Morgan fingerprint density at radius 2 is 1.93 bits per heavy atom. The molecule has 0 unspecified atom stereocenters. The van der Waals surface area contributed by atoms with E-state index in [4.69, 9.17) is 16.3 Å². The number of methoxy groups -OCH3 is 1. The fraction of sp³-hybridized carbons (Fsp3) is 0.286. The van der Waals surface area contributed by atoms with Crippen LogP contribution in [0.4, 0.5) is 10.1 Å². The number of nitrogens with zero attached hydrogens (tertiary/aromatic N) is 2. The highest BCUT2D eigenvalue weighted by Crippen LogP contribution is 2.35. The fourth-order valence-corrected chi connectivity index (χ4v) is 4.98. The second kappa shape index (κ2) is 8.07. The first-order valence-corrected chi connectivity index (χ1v) is 10.3. The van der Waals surface area contributed by atoms with Crippen LogP contribution in [0, 0.1) is 5.82 Å². The summed E-state index contributed by atoms with van der Waals surface area (Å²) < 4.78 is 20.4. The molecular weight excluding hydrogens is 399 g/mol. The summed E-state index contributed by atoms with van der Waals surface area (Å²) >= 11 is 7.43. The van der Waals surface area contributed by atoms with Crippen LogP contribution >= 0.6 is 22.9 Å². The van der Waals surface area contributed by atoms with E-state index in [0.29, 0.717) is 33.9 Å². The summed E-state index contributed by atoms with van der Waals surface area (Å²) in [6.07, 6.45) is 0.